The van der Waals surface area contributed by atoms with Crippen molar-refractivity contribution in [3.63, 3.8) is 0 Å². The van der Waals surface area contributed by atoms with Crippen molar-refractivity contribution >= 4 is 39.1 Å². The molecular formula is C12H14BrNO4S. The fourth-order valence-electron chi connectivity index (χ4n) is 2.05. The average molecular weight is 348 g/mol. The first-order chi connectivity index (χ1) is 8.91. The van der Waals surface area contributed by atoms with Gasteiger partial charge in [0.2, 0.25) is 0 Å². The van der Waals surface area contributed by atoms with Crippen LogP contribution in [-0.2, 0) is 9.53 Å². The highest BCUT2D eigenvalue weighted by atomic mass is 79.9. The van der Waals surface area contributed by atoms with Crippen LogP contribution in [-0.4, -0.2) is 48.2 Å². The van der Waals surface area contributed by atoms with Crippen molar-refractivity contribution in [3.05, 3.63) is 20.3 Å². The summed E-state index contributed by atoms with van der Waals surface area (Å²) in [6.07, 6.45) is 0. The maximum Gasteiger partial charge on any atom is 0.311 e. The molecule has 7 heteroatoms. The maximum atomic E-state index is 12.3. The van der Waals surface area contributed by atoms with E-state index in [4.69, 9.17) is 9.84 Å². The largest absolute Gasteiger partial charge is 0.481 e. The smallest absolute Gasteiger partial charge is 0.311 e. The Labute approximate surface area is 123 Å². The number of carboxylic acid groups (broad SMARTS) is 1. The van der Waals surface area contributed by atoms with E-state index in [9.17, 15) is 9.59 Å². The normalized spacial score (nSPS) is 22.5. The van der Waals surface area contributed by atoms with Crippen LogP contribution in [0.15, 0.2) is 9.85 Å². The molecular weight excluding hydrogens is 334 g/mol. The third-order valence-corrected chi connectivity index (χ3v) is 5.38. The van der Waals surface area contributed by atoms with E-state index in [2.05, 4.69) is 15.9 Å². The predicted octanol–water partition coefficient (Wildman–Crippen LogP) is 1.99. The van der Waals surface area contributed by atoms with Crippen LogP contribution >= 0.6 is 27.3 Å². The first-order valence-corrected chi connectivity index (χ1v) is 7.36. The van der Waals surface area contributed by atoms with Crippen molar-refractivity contribution in [2.24, 2.45) is 5.92 Å². The zero-order chi connectivity index (χ0) is 14.2. The Hall–Kier alpha value is -0.920. The molecule has 1 aliphatic rings. The van der Waals surface area contributed by atoms with Gasteiger partial charge in [-0.25, -0.2) is 0 Å². The molecule has 1 aliphatic heterocycles. The molecule has 0 saturated carbocycles. The summed E-state index contributed by atoms with van der Waals surface area (Å²) in [7, 11) is 1.63. The fourth-order valence-corrected chi connectivity index (χ4v) is 3.57. The Balaban J connectivity index is 2.17. The molecule has 0 aromatic carbocycles. The van der Waals surface area contributed by atoms with E-state index in [-0.39, 0.29) is 19.1 Å². The van der Waals surface area contributed by atoms with Gasteiger partial charge in [-0.1, -0.05) is 0 Å². The third-order valence-electron chi connectivity index (χ3n) is 3.25. The van der Waals surface area contributed by atoms with E-state index in [1.54, 1.807) is 13.1 Å². The number of rotatable bonds is 3. The van der Waals surface area contributed by atoms with Crippen LogP contribution in [0.5, 0.6) is 0 Å². The summed E-state index contributed by atoms with van der Waals surface area (Å²) in [6.45, 7) is 2.34. The van der Waals surface area contributed by atoms with Crippen molar-refractivity contribution in [2.75, 3.05) is 20.3 Å². The van der Waals surface area contributed by atoms with E-state index in [1.165, 1.54) is 16.2 Å². The van der Waals surface area contributed by atoms with Crippen LogP contribution in [0.25, 0.3) is 0 Å². The number of amides is 1. The number of carboxylic acids is 1. The molecule has 2 atom stereocenters. The van der Waals surface area contributed by atoms with Crippen LogP contribution in [0.1, 0.15) is 15.2 Å². The van der Waals surface area contributed by atoms with Gasteiger partial charge in [0.05, 0.1) is 27.9 Å². The Kier molecular flexibility index (Phi) is 4.27. The number of nitrogens with zero attached hydrogens (tertiary/aromatic N) is 1. The van der Waals surface area contributed by atoms with Crippen molar-refractivity contribution < 1.29 is 19.4 Å². The Bertz CT molecular complexity index is 496. The summed E-state index contributed by atoms with van der Waals surface area (Å²) < 4.78 is 6.10. The molecule has 19 heavy (non-hydrogen) atoms. The number of aryl methyl sites for hydroxylation is 1. The number of likely N-dealkylation sites (N-methyl/N-ethyl adjacent to an activating group) is 1. The lowest BCUT2D eigenvalue weighted by Gasteiger charge is -2.25. The van der Waals surface area contributed by atoms with E-state index >= 15 is 0 Å². The van der Waals surface area contributed by atoms with Gasteiger partial charge in [0.1, 0.15) is 5.92 Å². The molecule has 1 saturated heterocycles. The minimum Gasteiger partial charge on any atom is -0.481 e. The van der Waals surface area contributed by atoms with Gasteiger partial charge >= 0.3 is 5.97 Å². The van der Waals surface area contributed by atoms with Gasteiger partial charge in [0.25, 0.3) is 5.91 Å². The molecule has 5 nitrogen and oxygen atoms in total. The highest BCUT2D eigenvalue weighted by molar-refractivity contribution is 9.11. The average Bonchev–Trinajstić information content (AvgIpc) is 2.95. The molecule has 1 amide bonds. The fraction of sp³-hybridized carbons (Fsp3) is 0.500. The number of thiophene rings is 1. The van der Waals surface area contributed by atoms with Crippen molar-refractivity contribution in [3.8, 4) is 0 Å². The van der Waals surface area contributed by atoms with Crippen LogP contribution in [0, 0.1) is 12.8 Å². The number of aliphatic carboxylic acids is 1. The van der Waals surface area contributed by atoms with Crippen molar-refractivity contribution in [1.82, 2.24) is 4.90 Å². The molecule has 1 aromatic rings. The van der Waals surface area contributed by atoms with Gasteiger partial charge in [-0.15, -0.1) is 11.3 Å². The summed E-state index contributed by atoms with van der Waals surface area (Å²) in [5.74, 6) is -1.75. The molecule has 0 bridgehead atoms. The molecule has 0 spiro atoms. The molecule has 0 radical (unpaired) electrons. The Morgan fingerprint density at radius 1 is 1.53 bits per heavy atom. The summed E-state index contributed by atoms with van der Waals surface area (Å²) in [5.41, 5.74) is 0.999. The zero-order valence-corrected chi connectivity index (χ0v) is 13.0. The van der Waals surface area contributed by atoms with Crippen LogP contribution in [0.3, 0.4) is 0 Å². The number of carbonyl (C=O) groups excluding carboxylic acids is 1. The molecule has 2 rings (SSSR count). The van der Waals surface area contributed by atoms with Crippen LogP contribution < -0.4 is 0 Å². The lowest BCUT2D eigenvalue weighted by molar-refractivity contribution is -0.142. The van der Waals surface area contributed by atoms with Crippen LogP contribution in [0.4, 0.5) is 0 Å². The second-order valence-corrected chi connectivity index (χ2v) is 6.90. The van der Waals surface area contributed by atoms with Crippen molar-refractivity contribution in [2.45, 2.75) is 13.0 Å². The summed E-state index contributed by atoms with van der Waals surface area (Å²) in [4.78, 5) is 25.5. The zero-order valence-electron chi connectivity index (χ0n) is 10.6. The van der Waals surface area contributed by atoms with Gasteiger partial charge in [0.15, 0.2) is 0 Å². The lowest BCUT2D eigenvalue weighted by Crippen LogP contribution is -2.43. The lowest BCUT2D eigenvalue weighted by atomic mass is 10.0. The number of ether oxygens (including phenoxy) is 1. The van der Waals surface area contributed by atoms with E-state index in [1.807, 2.05) is 6.92 Å². The quantitative estimate of drug-likeness (QED) is 0.907. The molecule has 0 aliphatic carbocycles. The van der Waals surface area contributed by atoms with E-state index in [0.29, 0.717) is 4.88 Å². The highest BCUT2D eigenvalue weighted by Crippen LogP contribution is 2.29. The van der Waals surface area contributed by atoms with Gasteiger partial charge in [-0.2, -0.15) is 0 Å². The minimum atomic E-state index is -0.925. The van der Waals surface area contributed by atoms with Gasteiger partial charge in [0, 0.05) is 7.05 Å². The van der Waals surface area contributed by atoms with E-state index in [0.717, 1.165) is 9.35 Å². The molecule has 1 fully saturated rings. The molecule has 2 heterocycles. The first kappa shape index (κ1) is 14.5. The minimum absolute atomic E-state index is 0.158. The molecule has 1 aromatic heterocycles. The third kappa shape index (κ3) is 2.82. The summed E-state index contributed by atoms with van der Waals surface area (Å²) in [6, 6.07) is 1.39. The number of hydrogen-bond donors (Lipinski definition) is 1. The first-order valence-electron chi connectivity index (χ1n) is 5.75. The second kappa shape index (κ2) is 5.60. The van der Waals surface area contributed by atoms with Gasteiger partial charge in [-0.05, 0) is 34.5 Å². The SMILES string of the molecule is Cc1cc(C(=O)N(C)C2COCC2C(=O)O)sc1Br. The number of halogens is 1. The van der Waals surface area contributed by atoms with Gasteiger partial charge in [-0.3, -0.25) is 9.59 Å². The van der Waals surface area contributed by atoms with Crippen LogP contribution in [0.2, 0.25) is 0 Å². The van der Waals surface area contributed by atoms with E-state index < -0.39 is 17.9 Å². The summed E-state index contributed by atoms with van der Waals surface area (Å²) >= 11 is 4.74. The Morgan fingerprint density at radius 3 is 2.74 bits per heavy atom. The predicted molar refractivity (Wildman–Crippen MR) is 74.6 cm³/mol. The number of hydrogen-bond acceptors (Lipinski definition) is 4. The maximum absolute atomic E-state index is 12.3. The Morgan fingerprint density at radius 2 is 2.21 bits per heavy atom. The highest BCUT2D eigenvalue weighted by Gasteiger charge is 2.38. The monoisotopic (exact) mass is 347 g/mol. The molecule has 1 N–H and O–H groups in total. The molecule has 2 unspecified atom stereocenters. The van der Waals surface area contributed by atoms with Gasteiger partial charge < -0.3 is 14.7 Å². The number of carbonyl (C=O) groups is 2. The molecule has 104 valence electrons. The van der Waals surface area contributed by atoms with Crippen molar-refractivity contribution in [1.29, 1.82) is 0 Å². The summed E-state index contributed by atoms with van der Waals surface area (Å²) in [5, 5.41) is 9.11. The topological polar surface area (TPSA) is 66.8 Å². The standard InChI is InChI=1S/C12H14BrNO4S/c1-6-3-9(19-10(6)13)11(15)14(2)8-5-18-4-7(8)12(16)17/h3,7-8H,4-5H2,1-2H3,(H,16,17). The second-order valence-electron chi connectivity index (χ2n) is 4.53.